The molecule has 1 heterocycles. The van der Waals surface area contributed by atoms with E-state index in [9.17, 15) is 9.18 Å². The van der Waals surface area contributed by atoms with Crippen molar-refractivity contribution in [2.75, 3.05) is 0 Å². The minimum Gasteiger partial charge on any atom is -0.334 e. The summed E-state index contributed by atoms with van der Waals surface area (Å²) in [7, 11) is 0. The first-order chi connectivity index (χ1) is 9.65. The van der Waals surface area contributed by atoms with E-state index >= 15 is 0 Å². The standard InChI is InChI=1S/C14H13ClFN3O/c15-12-6-10(3-4-13(12)16)8-18-14(20)19-9-11-2-1-5-17-7-11/h1-7H,8-9H2,(H2,18,19,20). The predicted molar refractivity (Wildman–Crippen MR) is 74.7 cm³/mol. The number of aromatic nitrogens is 1. The highest BCUT2D eigenvalue weighted by Crippen LogP contribution is 2.15. The van der Waals surface area contributed by atoms with Gasteiger partial charge in [-0.15, -0.1) is 0 Å². The second kappa shape index (κ2) is 6.86. The third kappa shape index (κ3) is 4.20. The highest BCUT2D eigenvalue weighted by molar-refractivity contribution is 6.30. The summed E-state index contributed by atoms with van der Waals surface area (Å²) in [4.78, 5) is 15.5. The van der Waals surface area contributed by atoms with Gasteiger partial charge in [-0.25, -0.2) is 9.18 Å². The van der Waals surface area contributed by atoms with Gasteiger partial charge in [0.2, 0.25) is 0 Å². The zero-order chi connectivity index (χ0) is 14.4. The Morgan fingerprint density at radius 2 is 1.95 bits per heavy atom. The van der Waals surface area contributed by atoms with Gasteiger partial charge in [-0.2, -0.15) is 0 Å². The van der Waals surface area contributed by atoms with E-state index < -0.39 is 5.82 Å². The van der Waals surface area contributed by atoms with Crippen LogP contribution in [0.2, 0.25) is 5.02 Å². The number of halogens is 2. The van der Waals surface area contributed by atoms with Crippen LogP contribution in [0.1, 0.15) is 11.1 Å². The number of rotatable bonds is 4. The smallest absolute Gasteiger partial charge is 0.315 e. The van der Waals surface area contributed by atoms with E-state index in [0.717, 1.165) is 11.1 Å². The van der Waals surface area contributed by atoms with Gasteiger partial charge in [-0.3, -0.25) is 4.98 Å². The summed E-state index contributed by atoms with van der Waals surface area (Å²) in [6, 6.07) is 7.69. The zero-order valence-electron chi connectivity index (χ0n) is 10.6. The summed E-state index contributed by atoms with van der Waals surface area (Å²) in [5, 5.41) is 5.40. The van der Waals surface area contributed by atoms with Gasteiger partial charge in [0.25, 0.3) is 0 Å². The second-order valence-electron chi connectivity index (χ2n) is 4.15. The summed E-state index contributed by atoms with van der Waals surface area (Å²) >= 11 is 5.66. The SMILES string of the molecule is O=C(NCc1cccnc1)NCc1ccc(F)c(Cl)c1. The van der Waals surface area contributed by atoms with Crippen LogP contribution in [0.15, 0.2) is 42.7 Å². The predicted octanol–water partition coefficient (Wildman–Crippen LogP) is 2.87. The van der Waals surface area contributed by atoms with E-state index in [-0.39, 0.29) is 17.6 Å². The van der Waals surface area contributed by atoms with Crippen LogP contribution in [0.4, 0.5) is 9.18 Å². The number of pyridine rings is 1. The second-order valence-corrected chi connectivity index (χ2v) is 4.55. The van der Waals surface area contributed by atoms with Crippen molar-refractivity contribution in [2.24, 2.45) is 0 Å². The van der Waals surface area contributed by atoms with E-state index in [4.69, 9.17) is 11.6 Å². The molecule has 4 nitrogen and oxygen atoms in total. The van der Waals surface area contributed by atoms with Crippen molar-refractivity contribution < 1.29 is 9.18 Å². The number of nitrogens with one attached hydrogen (secondary N) is 2. The molecule has 2 aromatic rings. The number of benzene rings is 1. The summed E-state index contributed by atoms with van der Waals surface area (Å²) in [5.41, 5.74) is 1.64. The fraction of sp³-hybridized carbons (Fsp3) is 0.143. The molecule has 1 aromatic heterocycles. The van der Waals surface area contributed by atoms with Crippen LogP contribution < -0.4 is 10.6 Å². The molecular formula is C14H13ClFN3O. The number of amides is 2. The van der Waals surface area contributed by atoms with E-state index in [1.54, 1.807) is 24.5 Å². The monoisotopic (exact) mass is 293 g/mol. The quantitative estimate of drug-likeness (QED) is 0.911. The average Bonchev–Trinajstić information content (AvgIpc) is 2.47. The summed E-state index contributed by atoms with van der Waals surface area (Å²) in [5.74, 6) is -0.476. The molecule has 0 unspecified atom stereocenters. The zero-order valence-corrected chi connectivity index (χ0v) is 11.3. The molecule has 20 heavy (non-hydrogen) atoms. The lowest BCUT2D eigenvalue weighted by molar-refractivity contribution is 0.240. The van der Waals surface area contributed by atoms with Gasteiger partial charge in [0.15, 0.2) is 0 Å². The third-order valence-electron chi connectivity index (χ3n) is 2.61. The van der Waals surface area contributed by atoms with Crippen LogP contribution in [0, 0.1) is 5.82 Å². The maximum Gasteiger partial charge on any atom is 0.315 e. The summed E-state index contributed by atoms with van der Waals surface area (Å²) in [6.07, 6.45) is 3.35. The molecule has 2 rings (SSSR count). The largest absolute Gasteiger partial charge is 0.334 e. The van der Waals surface area contributed by atoms with Gasteiger partial charge >= 0.3 is 6.03 Å². The van der Waals surface area contributed by atoms with E-state index in [1.165, 1.54) is 12.1 Å². The molecule has 1 aromatic carbocycles. The maximum absolute atomic E-state index is 13.0. The van der Waals surface area contributed by atoms with Crippen molar-refractivity contribution in [1.29, 1.82) is 0 Å². The molecule has 0 bridgehead atoms. The molecule has 0 aliphatic carbocycles. The van der Waals surface area contributed by atoms with Crippen molar-refractivity contribution in [1.82, 2.24) is 15.6 Å². The fourth-order valence-electron chi connectivity index (χ4n) is 1.58. The molecule has 2 N–H and O–H groups in total. The van der Waals surface area contributed by atoms with Crippen LogP contribution in [-0.4, -0.2) is 11.0 Å². The van der Waals surface area contributed by atoms with E-state index in [1.807, 2.05) is 6.07 Å². The topological polar surface area (TPSA) is 54.0 Å². The molecule has 104 valence electrons. The first-order valence-electron chi connectivity index (χ1n) is 5.99. The lowest BCUT2D eigenvalue weighted by atomic mass is 10.2. The Bertz CT molecular complexity index is 592. The third-order valence-corrected chi connectivity index (χ3v) is 2.90. The molecule has 0 spiro atoms. The lowest BCUT2D eigenvalue weighted by Gasteiger charge is -2.08. The minimum atomic E-state index is -0.476. The molecular weight excluding hydrogens is 281 g/mol. The Labute approximate surface area is 121 Å². The van der Waals surface area contributed by atoms with Crippen LogP contribution in [0.25, 0.3) is 0 Å². The van der Waals surface area contributed by atoms with Gasteiger partial charge in [0, 0.05) is 25.5 Å². The Kier molecular flexibility index (Phi) is 4.90. The van der Waals surface area contributed by atoms with Crippen molar-refractivity contribution in [2.45, 2.75) is 13.1 Å². The van der Waals surface area contributed by atoms with Crippen molar-refractivity contribution in [3.63, 3.8) is 0 Å². The van der Waals surface area contributed by atoms with Gasteiger partial charge in [-0.1, -0.05) is 23.7 Å². The molecule has 0 aliphatic rings. The Balaban J connectivity index is 1.79. The molecule has 0 atom stereocenters. The molecule has 0 saturated carbocycles. The number of carbonyl (C=O) groups is 1. The molecule has 0 radical (unpaired) electrons. The Morgan fingerprint density at radius 1 is 1.20 bits per heavy atom. The first kappa shape index (κ1) is 14.3. The highest BCUT2D eigenvalue weighted by Gasteiger charge is 2.03. The van der Waals surface area contributed by atoms with Crippen molar-refractivity contribution in [3.05, 3.63) is 64.7 Å². The number of hydrogen-bond acceptors (Lipinski definition) is 2. The molecule has 2 amide bonds. The van der Waals surface area contributed by atoms with Crippen LogP contribution in [-0.2, 0) is 13.1 Å². The van der Waals surface area contributed by atoms with Crippen molar-refractivity contribution >= 4 is 17.6 Å². The Morgan fingerprint density at radius 3 is 2.60 bits per heavy atom. The van der Waals surface area contributed by atoms with Crippen LogP contribution in [0.5, 0.6) is 0 Å². The van der Waals surface area contributed by atoms with Crippen LogP contribution in [0.3, 0.4) is 0 Å². The Hall–Kier alpha value is -2.14. The fourth-order valence-corrected chi connectivity index (χ4v) is 1.78. The van der Waals surface area contributed by atoms with Crippen LogP contribution >= 0.6 is 11.6 Å². The molecule has 6 heteroatoms. The number of carbonyl (C=O) groups excluding carboxylic acids is 1. The van der Waals surface area contributed by atoms with Gasteiger partial charge in [-0.05, 0) is 29.3 Å². The minimum absolute atomic E-state index is 0.0417. The maximum atomic E-state index is 13.0. The molecule has 0 fully saturated rings. The summed E-state index contributed by atoms with van der Waals surface area (Å²) < 4.78 is 13.0. The molecule has 0 aliphatic heterocycles. The van der Waals surface area contributed by atoms with Gasteiger partial charge < -0.3 is 10.6 Å². The van der Waals surface area contributed by atoms with E-state index in [0.29, 0.717) is 6.54 Å². The molecule has 0 saturated heterocycles. The van der Waals surface area contributed by atoms with Gasteiger partial charge in [0.05, 0.1) is 5.02 Å². The highest BCUT2D eigenvalue weighted by atomic mass is 35.5. The first-order valence-corrected chi connectivity index (χ1v) is 6.37. The van der Waals surface area contributed by atoms with E-state index in [2.05, 4.69) is 15.6 Å². The summed E-state index contributed by atoms with van der Waals surface area (Å²) in [6.45, 7) is 0.669. The van der Waals surface area contributed by atoms with Crippen molar-refractivity contribution in [3.8, 4) is 0 Å². The lowest BCUT2D eigenvalue weighted by Crippen LogP contribution is -2.34. The normalized spacial score (nSPS) is 10.1. The number of urea groups is 1. The number of nitrogens with zero attached hydrogens (tertiary/aromatic N) is 1. The average molecular weight is 294 g/mol. The van der Waals surface area contributed by atoms with Gasteiger partial charge in [0.1, 0.15) is 5.82 Å². The number of hydrogen-bond donors (Lipinski definition) is 2.